The van der Waals surface area contributed by atoms with Gasteiger partial charge in [0.05, 0.1) is 18.3 Å². The summed E-state index contributed by atoms with van der Waals surface area (Å²) in [7, 11) is 3.21. The number of alkyl halides is 1. The van der Waals surface area contributed by atoms with Crippen LogP contribution in [0, 0.1) is 17.8 Å². The summed E-state index contributed by atoms with van der Waals surface area (Å²) in [6, 6.07) is 0. The van der Waals surface area contributed by atoms with Gasteiger partial charge in [0.25, 0.3) is 6.47 Å². The molecule has 0 bridgehead atoms. The summed E-state index contributed by atoms with van der Waals surface area (Å²) in [6.45, 7) is 17.3. The average molecular weight is 988 g/mol. The maximum absolute atomic E-state index is 11.7. The molecule has 1 spiro atoms. The standard InChI is InChI=1S/C47H72IO14/c1-11-26(2)42-29(5)17-18-46(62-42)21-35(57-25-49)19-34(61-46)16-15-28(4)41(27(3)13-12-14-33-23-56-45-39(50)30(6)22-48-47(33,45)52)59-37-24-55-32(8)43(44(37)54-10)60-38-20-36(53-9)40(51)31(7)58-38/h12-15,17-18,22,25-27,29,31-32,34-45,50-52H,11,16,19-21,23-24H2,1-10H3/q-1/b13-12+,28-15+,33-14+/t26-,27-,29-,31-,32+,34+,35-,36-,37?,38-,39+,40-,41+,42+,43-,44-,45?,46+,47?/m0/s1. The van der Waals surface area contributed by atoms with Crippen molar-refractivity contribution >= 4 is 6.47 Å². The summed E-state index contributed by atoms with van der Waals surface area (Å²) in [5.74, 6) is -0.650. The third-order valence-electron chi connectivity index (χ3n) is 13.6. The van der Waals surface area contributed by atoms with E-state index in [9.17, 15) is 20.1 Å². The van der Waals surface area contributed by atoms with Crippen LogP contribution in [-0.2, 0) is 52.2 Å². The van der Waals surface area contributed by atoms with E-state index in [-0.39, 0.29) is 49.5 Å². The number of carbonyl (C=O) groups is 1. The van der Waals surface area contributed by atoms with E-state index in [0.29, 0.717) is 38.1 Å². The van der Waals surface area contributed by atoms with Crippen LogP contribution in [0.4, 0.5) is 0 Å². The van der Waals surface area contributed by atoms with Gasteiger partial charge in [-0.3, -0.25) is 4.79 Å². The Morgan fingerprint density at radius 2 is 1.82 bits per heavy atom. The van der Waals surface area contributed by atoms with E-state index in [1.54, 1.807) is 21.1 Å². The van der Waals surface area contributed by atoms with E-state index >= 15 is 0 Å². The summed E-state index contributed by atoms with van der Waals surface area (Å²) in [6.07, 6.45) is 7.91. The van der Waals surface area contributed by atoms with Crippen molar-refractivity contribution in [2.45, 2.75) is 183 Å². The van der Waals surface area contributed by atoms with E-state index < -0.39 is 91.8 Å². The Kier molecular flexibility index (Phi) is 17.5. The molecule has 4 saturated heterocycles. The van der Waals surface area contributed by atoms with Crippen molar-refractivity contribution in [2.75, 3.05) is 27.4 Å². The number of hydrogen-bond acceptors (Lipinski definition) is 14. The second-order valence-corrected chi connectivity index (χ2v) is 21.1. The normalized spacial score (nSPS) is 43.8. The predicted molar refractivity (Wildman–Crippen MR) is 225 cm³/mol. The van der Waals surface area contributed by atoms with E-state index in [1.165, 1.54) is 0 Å². The van der Waals surface area contributed by atoms with Gasteiger partial charge in [0.15, 0.2) is 12.1 Å². The Balaban J connectivity index is 1.24. The summed E-state index contributed by atoms with van der Waals surface area (Å²) < 4.78 is 63.6. The molecule has 14 nitrogen and oxygen atoms in total. The molecule has 0 saturated carbocycles. The molecule has 0 aromatic carbocycles. The molecule has 6 aliphatic rings. The van der Waals surface area contributed by atoms with Crippen LogP contribution in [0.2, 0.25) is 0 Å². The molecular formula is C47H72IO14-. The van der Waals surface area contributed by atoms with Gasteiger partial charge >= 0.3 is 217 Å². The van der Waals surface area contributed by atoms with Crippen LogP contribution in [-0.4, -0.2) is 144 Å². The number of allylic oxidation sites excluding steroid dienone is 2. The number of carbonyl (C=O) groups excluding carboxylic acids is 1. The summed E-state index contributed by atoms with van der Waals surface area (Å²) in [4.78, 5) is 11.6. The molecule has 0 aromatic rings. The van der Waals surface area contributed by atoms with Gasteiger partial charge in [-0.05, 0) is 25.8 Å². The minimum atomic E-state index is -1.18. The summed E-state index contributed by atoms with van der Waals surface area (Å²) in [5, 5.41) is 33.0. The molecule has 3 N–H and O–H groups in total. The van der Waals surface area contributed by atoms with Crippen molar-refractivity contribution in [3.05, 3.63) is 57.3 Å². The number of methoxy groups -OCH3 is 2. The topological polar surface area (TPSA) is 170 Å². The molecule has 0 radical (unpaired) electrons. The molecule has 3 unspecified atom stereocenters. The van der Waals surface area contributed by atoms with E-state index in [4.69, 9.17) is 47.4 Å². The quantitative estimate of drug-likeness (QED) is 0.0890. The number of fused-ring (bicyclic) bond motifs is 1. The summed E-state index contributed by atoms with van der Waals surface area (Å²) >= 11 is -0.805. The van der Waals surface area contributed by atoms with Crippen molar-refractivity contribution in [1.29, 1.82) is 0 Å². The zero-order valence-electron chi connectivity index (χ0n) is 38.1. The third kappa shape index (κ3) is 11.2. The number of aliphatic hydroxyl groups is 3. The van der Waals surface area contributed by atoms with Crippen molar-refractivity contribution in [1.82, 2.24) is 0 Å². The summed E-state index contributed by atoms with van der Waals surface area (Å²) in [5.41, 5.74) is 2.55. The SMILES string of the molecule is CC[C@H](C)[C@H]1O[C@]2(C=C[C@@H]1C)C[C@@H](OC=O)C[C@@H](C/C=C(\C)[C@H](OC1CO[C@H](C)[C@H](O[C@H]3C[C@H](OC)[C@@H](O)[C@H](C)O3)[C@H]1OC)[C@@H](C)/C=C/C=C1\COC3[C@H](O)C(C)=C[I-]C13O)O2. The van der Waals surface area contributed by atoms with Crippen molar-refractivity contribution in [3.8, 4) is 0 Å². The number of halogens is 1. The molecule has 4 fully saturated rings. The van der Waals surface area contributed by atoms with Crippen molar-refractivity contribution in [2.24, 2.45) is 17.8 Å². The monoisotopic (exact) mass is 987 g/mol. The Bertz CT molecular complexity index is 1650. The van der Waals surface area contributed by atoms with Gasteiger partial charge in [-0.2, -0.15) is 0 Å². The van der Waals surface area contributed by atoms with Gasteiger partial charge in [0.1, 0.15) is 12.2 Å². The second kappa shape index (κ2) is 21.8. The van der Waals surface area contributed by atoms with Gasteiger partial charge in [-0.1, -0.05) is 33.3 Å². The molecule has 0 aliphatic carbocycles. The van der Waals surface area contributed by atoms with E-state index in [0.717, 1.165) is 23.1 Å². The number of aliphatic hydroxyl groups excluding tert-OH is 2. The molecule has 62 heavy (non-hydrogen) atoms. The van der Waals surface area contributed by atoms with Crippen LogP contribution < -0.4 is 21.2 Å². The van der Waals surface area contributed by atoms with Crippen LogP contribution in [0.1, 0.15) is 87.5 Å². The number of ether oxygens (including phenoxy) is 10. The fraction of sp³-hybridized carbons (Fsp3) is 0.766. The third-order valence-corrected chi connectivity index (χ3v) is 17.2. The van der Waals surface area contributed by atoms with Crippen LogP contribution >= 0.6 is 0 Å². The second-order valence-electron chi connectivity index (χ2n) is 18.2. The van der Waals surface area contributed by atoms with Gasteiger partial charge in [0.2, 0.25) is 0 Å². The Morgan fingerprint density at radius 3 is 2.53 bits per heavy atom. The first-order valence-corrected chi connectivity index (χ1v) is 24.7. The van der Waals surface area contributed by atoms with Gasteiger partial charge in [0, 0.05) is 25.9 Å². The predicted octanol–water partition coefficient (Wildman–Crippen LogP) is 2.03. The van der Waals surface area contributed by atoms with Gasteiger partial charge in [-0.25, -0.2) is 0 Å². The molecule has 6 aliphatic heterocycles. The fourth-order valence-corrected chi connectivity index (χ4v) is 12.5. The zero-order valence-corrected chi connectivity index (χ0v) is 40.3. The van der Waals surface area contributed by atoms with Gasteiger partial charge < -0.3 is 24.1 Å². The average Bonchev–Trinajstić information content (AvgIpc) is 3.59. The molecule has 6 heterocycles. The molecular weight excluding hydrogens is 915 g/mol. The Morgan fingerprint density at radius 1 is 1.05 bits per heavy atom. The van der Waals surface area contributed by atoms with Gasteiger partial charge in [-0.15, -0.1) is 0 Å². The molecule has 0 aromatic heterocycles. The van der Waals surface area contributed by atoms with Crippen LogP contribution in [0.15, 0.2) is 57.3 Å². The van der Waals surface area contributed by atoms with E-state index in [2.05, 4.69) is 45.9 Å². The minimum absolute atomic E-state index is 0.0330. The fourth-order valence-electron chi connectivity index (χ4n) is 9.60. The first kappa shape index (κ1) is 49.8. The van der Waals surface area contributed by atoms with Crippen LogP contribution in [0.3, 0.4) is 0 Å². The molecule has 352 valence electrons. The number of rotatable bonds is 16. The van der Waals surface area contributed by atoms with Crippen LogP contribution in [0.25, 0.3) is 0 Å². The number of hydrogen-bond donors (Lipinski definition) is 3. The maximum atomic E-state index is 11.7. The van der Waals surface area contributed by atoms with E-state index in [1.807, 2.05) is 43.1 Å². The molecule has 19 atom stereocenters. The zero-order chi connectivity index (χ0) is 44.9. The first-order valence-electron chi connectivity index (χ1n) is 22.4. The molecule has 15 heteroatoms. The van der Waals surface area contributed by atoms with Crippen LogP contribution in [0.5, 0.6) is 0 Å². The molecule has 6 rings (SSSR count). The Hall–Kier alpha value is -1.58. The first-order chi connectivity index (χ1) is 29.6. The van der Waals surface area contributed by atoms with Crippen molar-refractivity contribution < 1.29 is 88.7 Å². The molecule has 0 amide bonds. The van der Waals surface area contributed by atoms with Crippen molar-refractivity contribution in [3.63, 3.8) is 0 Å². The Labute approximate surface area is 378 Å².